The summed E-state index contributed by atoms with van der Waals surface area (Å²) < 4.78 is 2.16. The average molecular weight is 292 g/mol. The van der Waals surface area contributed by atoms with Crippen molar-refractivity contribution >= 4 is 11.9 Å². The molecule has 2 heterocycles. The Morgan fingerprint density at radius 1 is 1.24 bits per heavy atom. The third-order valence-corrected chi connectivity index (χ3v) is 4.36. The number of hydrogen-bond donors (Lipinski definition) is 1. The molecule has 0 unspecified atom stereocenters. The van der Waals surface area contributed by atoms with Gasteiger partial charge in [-0.15, -0.1) is 0 Å². The number of carboxylic acids is 1. The van der Waals surface area contributed by atoms with E-state index in [1.807, 2.05) is 19.9 Å². The van der Waals surface area contributed by atoms with Gasteiger partial charge in [0.25, 0.3) is 5.91 Å². The molecular formula is C16H24N2O3. The number of nitrogens with zero attached hydrogens (tertiary/aromatic N) is 2. The van der Waals surface area contributed by atoms with Crippen LogP contribution in [-0.4, -0.2) is 39.5 Å². The monoisotopic (exact) mass is 292 g/mol. The number of carbonyl (C=O) groups excluding carboxylic acids is 1. The molecule has 0 aromatic carbocycles. The van der Waals surface area contributed by atoms with Crippen molar-refractivity contribution in [1.29, 1.82) is 0 Å². The van der Waals surface area contributed by atoms with Gasteiger partial charge in [-0.05, 0) is 46.6 Å². The van der Waals surface area contributed by atoms with E-state index >= 15 is 0 Å². The van der Waals surface area contributed by atoms with E-state index < -0.39 is 5.97 Å². The summed E-state index contributed by atoms with van der Waals surface area (Å²) in [5.74, 6) is -1.03. The van der Waals surface area contributed by atoms with Crippen molar-refractivity contribution in [3.8, 4) is 0 Å². The van der Waals surface area contributed by atoms with Crippen LogP contribution in [0.25, 0.3) is 0 Å². The van der Waals surface area contributed by atoms with Gasteiger partial charge in [-0.25, -0.2) is 0 Å². The van der Waals surface area contributed by atoms with Gasteiger partial charge < -0.3 is 14.6 Å². The number of aromatic nitrogens is 1. The molecule has 0 spiro atoms. The molecule has 2 rings (SSSR count). The molecule has 0 aliphatic carbocycles. The second kappa shape index (κ2) is 5.92. The van der Waals surface area contributed by atoms with E-state index in [2.05, 4.69) is 18.4 Å². The van der Waals surface area contributed by atoms with Crippen molar-refractivity contribution in [3.05, 3.63) is 23.0 Å². The summed E-state index contributed by atoms with van der Waals surface area (Å²) in [5.41, 5.74) is 2.83. The summed E-state index contributed by atoms with van der Waals surface area (Å²) in [6.45, 7) is 9.26. The summed E-state index contributed by atoms with van der Waals surface area (Å²) >= 11 is 0. The number of carboxylic acid groups (broad SMARTS) is 1. The number of hydrogen-bond acceptors (Lipinski definition) is 2. The number of aryl methyl sites for hydroxylation is 1. The summed E-state index contributed by atoms with van der Waals surface area (Å²) in [5, 5.41) is 9.02. The first kappa shape index (κ1) is 15.6. The Morgan fingerprint density at radius 2 is 1.81 bits per heavy atom. The molecule has 1 N–H and O–H groups in total. The molecule has 0 radical (unpaired) electrons. The van der Waals surface area contributed by atoms with Crippen molar-refractivity contribution in [2.75, 3.05) is 13.1 Å². The fourth-order valence-electron chi connectivity index (χ4n) is 3.29. The maximum atomic E-state index is 12.7. The third kappa shape index (κ3) is 2.96. The lowest BCUT2D eigenvalue weighted by atomic mass is 9.96. The number of piperidine rings is 1. The molecule has 21 heavy (non-hydrogen) atoms. The largest absolute Gasteiger partial charge is 0.481 e. The molecule has 1 aliphatic heterocycles. The second-order valence-corrected chi connectivity index (χ2v) is 6.15. The standard InChI is InChI=1S/C16H24N2O3/c1-10(2)18-11(3)9-14(12(18)4)15(19)17-7-5-13(6-8-17)16(20)21/h9-10,13H,5-8H2,1-4H3,(H,20,21). The highest BCUT2D eigenvalue weighted by Gasteiger charge is 2.29. The van der Waals surface area contributed by atoms with Crippen LogP contribution >= 0.6 is 0 Å². The quantitative estimate of drug-likeness (QED) is 0.931. The molecule has 0 atom stereocenters. The topological polar surface area (TPSA) is 62.5 Å². The summed E-state index contributed by atoms with van der Waals surface area (Å²) in [6, 6.07) is 2.27. The van der Waals surface area contributed by atoms with Gasteiger partial charge in [0.15, 0.2) is 0 Å². The lowest BCUT2D eigenvalue weighted by Gasteiger charge is -2.30. The highest BCUT2D eigenvalue weighted by Crippen LogP contribution is 2.24. The molecule has 5 heteroatoms. The average Bonchev–Trinajstić information content (AvgIpc) is 2.73. The predicted molar refractivity (Wildman–Crippen MR) is 80.6 cm³/mol. The van der Waals surface area contributed by atoms with Gasteiger partial charge in [0.05, 0.1) is 11.5 Å². The minimum atomic E-state index is -0.750. The van der Waals surface area contributed by atoms with E-state index in [0.29, 0.717) is 32.0 Å². The van der Waals surface area contributed by atoms with Crippen LogP contribution in [0.2, 0.25) is 0 Å². The molecule has 116 valence electrons. The highest BCUT2D eigenvalue weighted by atomic mass is 16.4. The number of likely N-dealkylation sites (tertiary alicyclic amines) is 1. The Hall–Kier alpha value is -1.78. The Balaban J connectivity index is 2.15. The second-order valence-electron chi connectivity index (χ2n) is 6.15. The van der Waals surface area contributed by atoms with E-state index in [-0.39, 0.29) is 11.8 Å². The maximum Gasteiger partial charge on any atom is 0.306 e. The lowest BCUT2D eigenvalue weighted by molar-refractivity contribution is -0.143. The molecule has 1 aromatic rings. The smallest absolute Gasteiger partial charge is 0.306 e. The van der Waals surface area contributed by atoms with E-state index in [4.69, 9.17) is 5.11 Å². The zero-order valence-electron chi connectivity index (χ0n) is 13.2. The first-order valence-corrected chi connectivity index (χ1v) is 7.53. The lowest BCUT2D eigenvalue weighted by Crippen LogP contribution is -2.40. The van der Waals surface area contributed by atoms with Crippen LogP contribution in [0.1, 0.15) is 54.5 Å². The van der Waals surface area contributed by atoms with Crippen molar-refractivity contribution in [2.45, 2.75) is 46.6 Å². The zero-order chi connectivity index (χ0) is 15.7. The van der Waals surface area contributed by atoms with Crippen LogP contribution in [-0.2, 0) is 4.79 Å². The van der Waals surface area contributed by atoms with Crippen LogP contribution < -0.4 is 0 Å². The van der Waals surface area contributed by atoms with Crippen LogP contribution in [0.4, 0.5) is 0 Å². The molecule has 0 bridgehead atoms. The number of aliphatic carboxylic acids is 1. The van der Waals surface area contributed by atoms with Gasteiger partial charge in [-0.3, -0.25) is 9.59 Å². The van der Waals surface area contributed by atoms with Crippen LogP contribution in [0.3, 0.4) is 0 Å². The molecule has 1 fully saturated rings. The minimum absolute atomic E-state index is 0.0267. The fraction of sp³-hybridized carbons (Fsp3) is 0.625. The molecule has 1 saturated heterocycles. The normalized spacial score (nSPS) is 16.5. The van der Waals surface area contributed by atoms with E-state index in [9.17, 15) is 9.59 Å². The SMILES string of the molecule is Cc1cc(C(=O)N2CCC(C(=O)O)CC2)c(C)n1C(C)C. The third-order valence-electron chi connectivity index (χ3n) is 4.36. The Kier molecular flexibility index (Phi) is 4.40. The van der Waals surface area contributed by atoms with Gasteiger partial charge >= 0.3 is 5.97 Å². The van der Waals surface area contributed by atoms with E-state index in [1.54, 1.807) is 4.90 Å². The predicted octanol–water partition coefficient (Wildman–Crippen LogP) is 2.62. The van der Waals surface area contributed by atoms with Crippen LogP contribution in [0.15, 0.2) is 6.07 Å². The molecular weight excluding hydrogens is 268 g/mol. The van der Waals surface area contributed by atoms with Crippen molar-refractivity contribution < 1.29 is 14.7 Å². The summed E-state index contributed by atoms with van der Waals surface area (Å²) in [4.78, 5) is 25.4. The van der Waals surface area contributed by atoms with Crippen LogP contribution in [0.5, 0.6) is 0 Å². The fourth-order valence-corrected chi connectivity index (χ4v) is 3.29. The first-order chi connectivity index (χ1) is 9.82. The number of amides is 1. The molecule has 0 saturated carbocycles. The van der Waals surface area contributed by atoms with Gasteiger partial charge in [-0.2, -0.15) is 0 Å². The summed E-state index contributed by atoms with van der Waals surface area (Å²) in [6.07, 6.45) is 1.09. The van der Waals surface area contributed by atoms with E-state index in [0.717, 1.165) is 17.0 Å². The van der Waals surface area contributed by atoms with Gasteiger partial charge in [0.1, 0.15) is 0 Å². The van der Waals surface area contributed by atoms with Crippen molar-refractivity contribution in [3.63, 3.8) is 0 Å². The number of carbonyl (C=O) groups is 2. The highest BCUT2D eigenvalue weighted by molar-refractivity contribution is 5.96. The van der Waals surface area contributed by atoms with Crippen molar-refractivity contribution in [1.82, 2.24) is 9.47 Å². The Morgan fingerprint density at radius 3 is 2.24 bits per heavy atom. The van der Waals surface area contributed by atoms with Gasteiger partial charge in [0.2, 0.25) is 0 Å². The maximum absolute atomic E-state index is 12.7. The van der Waals surface area contributed by atoms with Crippen molar-refractivity contribution in [2.24, 2.45) is 5.92 Å². The molecule has 1 aliphatic rings. The Labute approximate surface area is 125 Å². The first-order valence-electron chi connectivity index (χ1n) is 7.53. The molecule has 5 nitrogen and oxygen atoms in total. The van der Waals surface area contributed by atoms with Crippen LogP contribution in [0, 0.1) is 19.8 Å². The van der Waals surface area contributed by atoms with Gasteiger partial charge in [0, 0.05) is 30.5 Å². The summed E-state index contributed by atoms with van der Waals surface area (Å²) in [7, 11) is 0. The van der Waals surface area contributed by atoms with Gasteiger partial charge in [-0.1, -0.05) is 0 Å². The minimum Gasteiger partial charge on any atom is -0.481 e. The molecule has 1 aromatic heterocycles. The number of rotatable bonds is 3. The molecule has 1 amide bonds. The van der Waals surface area contributed by atoms with E-state index in [1.165, 1.54) is 0 Å². The Bertz CT molecular complexity index is 552. The zero-order valence-corrected chi connectivity index (χ0v) is 13.2.